The van der Waals surface area contributed by atoms with E-state index in [1.807, 2.05) is 13.0 Å². The number of benzene rings is 1. The van der Waals surface area contributed by atoms with Gasteiger partial charge in [-0.05, 0) is 24.6 Å². The minimum atomic E-state index is -0.230. The number of aromatic nitrogens is 2. The van der Waals surface area contributed by atoms with E-state index in [2.05, 4.69) is 26.2 Å². The smallest absolute Gasteiger partial charge is 0.273 e. The molecule has 0 atom stereocenters. The number of hydrogen-bond donors (Lipinski definition) is 2. The van der Waals surface area contributed by atoms with Crippen molar-refractivity contribution in [3.8, 4) is 0 Å². The Morgan fingerprint density at radius 1 is 1.50 bits per heavy atom. The molecule has 1 amide bonds. The quantitative estimate of drug-likeness (QED) is 0.836. The molecule has 0 aliphatic heterocycles. The molecule has 0 saturated carbocycles. The normalized spacial score (nSPS) is 10.4. The van der Waals surface area contributed by atoms with Gasteiger partial charge >= 0.3 is 0 Å². The summed E-state index contributed by atoms with van der Waals surface area (Å²) < 4.78 is 2.54. The molecule has 1 heterocycles. The van der Waals surface area contributed by atoms with Crippen molar-refractivity contribution >= 4 is 33.2 Å². The third kappa shape index (κ3) is 2.38. The van der Waals surface area contributed by atoms with E-state index in [0.29, 0.717) is 17.1 Å². The van der Waals surface area contributed by atoms with Gasteiger partial charge in [-0.1, -0.05) is 15.9 Å². The van der Waals surface area contributed by atoms with Gasteiger partial charge in [-0.25, -0.2) is 4.98 Å². The number of rotatable bonds is 2. The molecule has 0 unspecified atom stereocenters. The zero-order chi connectivity index (χ0) is 13.3. The first-order valence-corrected chi connectivity index (χ1v) is 6.11. The third-order valence-corrected chi connectivity index (χ3v) is 3.08. The Hall–Kier alpha value is -1.82. The Morgan fingerprint density at radius 2 is 2.22 bits per heavy atom. The molecular weight excluding hydrogens is 296 g/mol. The number of nitrogens with one attached hydrogen (secondary N) is 1. The first kappa shape index (κ1) is 12.6. The van der Waals surface area contributed by atoms with E-state index in [1.54, 1.807) is 24.0 Å². The van der Waals surface area contributed by atoms with Crippen LogP contribution in [0.5, 0.6) is 0 Å². The van der Waals surface area contributed by atoms with Crippen molar-refractivity contribution < 1.29 is 4.79 Å². The van der Waals surface area contributed by atoms with Crippen molar-refractivity contribution in [1.29, 1.82) is 0 Å². The van der Waals surface area contributed by atoms with Crippen LogP contribution < -0.4 is 11.1 Å². The number of carbonyl (C=O) groups excluding carboxylic acids is 1. The lowest BCUT2D eigenvalue weighted by Crippen LogP contribution is -2.17. The predicted octanol–water partition coefficient (Wildman–Crippen LogP) is 2.33. The van der Waals surface area contributed by atoms with Crippen LogP contribution in [0.1, 0.15) is 16.1 Å². The molecule has 1 aromatic carbocycles. The molecule has 2 aromatic rings. The number of imidazole rings is 1. The number of hydrogen-bond acceptors (Lipinski definition) is 3. The molecule has 1 aromatic heterocycles. The summed E-state index contributed by atoms with van der Waals surface area (Å²) in [7, 11) is 1.76. The van der Waals surface area contributed by atoms with Crippen LogP contribution >= 0.6 is 15.9 Å². The first-order valence-electron chi connectivity index (χ1n) is 5.32. The molecule has 0 saturated heterocycles. The highest BCUT2D eigenvalue weighted by atomic mass is 79.9. The Morgan fingerprint density at radius 3 is 2.78 bits per heavy atom. The second kappa shape index (κ2) is 4.81. The number of amides is 1. The zero-order valence-corrected chi connectivity index (χ0v) is 11.7. The molecule has 0 radical (unpaired) electrons. The van der Waals surface area contributed by atoms with Crippen LogP contribution in [0.25, 0.3) is 0 Å². The van der Waals surface area contributed by atoms with Crippen LogP contribution in [0.15, 0.2) is 29.1 Å². The largest absolute Gasteiger partial charge is 0.397 e. The maximum absolute atomic E-state index is 12.0. The third-order valence-electron chi connectivity index (χ3n) is 2.62. The topological polar surface area (TPSA) is 72.9 Å². The minimum absolute atomic E-state index is 0.230. The average Bonchev–Trinajstić information content (AvgIpc) is 2.69. The fraction of sp³-hybridized carbons (Fsp3) is 0.167. The highest BCUT2D eigenvalue weighted by Crippen LogP contribution is 2.28. The van der Waals surface area contributed by atoms with E-state index in [4.69, 9.17) is 5.73 Å². The number of nitrogens with zero attached hydrogens (tertiary/aromatic N) is 2. The highest BCUT2D eigenvalue weighted by molar-refractivity contribution is 9.10. The standard InChI is InChI=1S/C12H13BrN4O/c1-7-3-8(13)4-9(14)11(7)16-12(18)10-5-15-6-17(10)2/h3-6H,14H2,1-2H3,(H,16,18). The number of carbonyl (C=O) groups is 1. The Bertz CT molecular complexity index is 583. The minimum Gasteiger partial charge on any atom is -0.397 e. The van der Waals surface area contributed by atoms with Gasteiger partial charge in [-0.3, -0.25) is 4.79 Å². The first-order chi connectivity index (χ1) is 8.49. The summed E-state index contributed by atoms with van der Waals surface area (Å²) >= 11 is 3.36. The molecule has 0 spiro atoms. The van der Waals surface area contributed by atoms with Crippen LogP contribution in [0.3, 0.4) is 0 Å². The van der Waals surface area contributed by atoms with E-state index in [-0.39, 0.29) is 5.91 Å². The summed E-state index contributed by atoms with van der Waals surface area (Å²) in [5.41, 5.74) is 8.43. The maximum atomic E-state index is 12.0. The van der Waals surface area contributed by atoms with Crippen molar-refractivity contribution in [2.75, 3.05) is 11.1 Å². The van der Waals surface area contributed by atoms with Gasteiger partial charge in [-0.2, -0.15) is 0 Å². The summed E-state index contributed by atoms with van der Waals surface area (Å²) in [5.74, 6) is -0.230. The van der Waals surface area contributed by atoms with Crippen molar-refractivity contribution in [1.82, 2.24) is 9.55 Å². The lowest BCUT2D eigenvalue weighted by atomic mass is 10.1. The second-order valence-corrected chi connectivity index (χ2v) is 4.95. The molecule has 0 fully saturated rings. The van der Waals surface area contributed by atoms with Gasteiger partial charge in [0.05, 0.1) is 23.9 Å². The Kier molecular flexibility index (Phi) is 3.38. The fourth-order valence-corrected chi connectivity index (χ4v) is 2.28. The highest BCUT2D eigenvalue weighted by Gasteiger charge is 2.13. The van der Waals surface area contributed by atoms with Crippen LogP contribution in [0, 0.1) is 6.92 Å². The molecule has 0 aliphatic rings. The second-order valence-electron chi connectivity index (χ2n) is 4.03. The Labute approximate surface area is 113 Å². The van der Waals surface area contributed by atoms with Crippen LogP contribution in [-0.2, 0) is 7.05 Å². The molecule has 18 heavy (non-hydrogen) atoms. The summed E-state index contributed by atoms with van der Waals surface area (Å²) in [6.45, 7) is 1.89. The summed E-state index contributed by atoms with van der Waals surface area (Å²) in [6, 6.07) is 3.65. The average molecular weight is 309 g/mol. The SMILES string of the molecule is Cc1cc(Br)cc(N)c1NC(=O)c1cncn1C. The number of nitrogen functional groups attached to an aromatic ring is 1. The van der Waals surface area contributed by atoms with E-state index < -0.39 is 0 Å². The van der Waals surface area contributed by atoms with E-state index in [1.165, 1.54) is 6.20 Å². The van der Waals surface area contributed by atoms with E-state index in [0.717, 1.165) is 10.0 Å². The Balaban J connectivity index is 2.31. The number of anilines is 2. The van der Waals surface area contributed by atoms with Gasteiger partial charge in [0, 0.05) is 11.5 Å². The fourth-order valence-electron chi connectivity index (χ4n) is 1.69. The number of aryl methyl sites for hydroxylation is 2. The number of halogens is 1. The van der Waals surface area contributed by atoms with E-state index in [9.17, 15) is 4.79 Å². The molecular formula is C12H13BrN4O. The van der Waals surface area contributed by atoms with Crippen molar-refractivity contribution in [3.63, 3.8) is 0 Å². The van der Waals surface area contributed by atoms with Gasteiger partial charge in [0.15, 0.2) is 0 Å². The molecule has 6 heteroatoms. The van der Waals surface area contributed by atoms with Crippen LogP contribution in [-0.4, -0.2) is 15.5 Å². The van der Waals surface area contributed by atoms with Crippen molar-refractivity contribution in [2.24, 2.45) is 7.05 Å². The van der Waals surface area contributed by atoms with Crippen molar-refractivity contribution in [2.45, 2.75) is 6.92 Å². The molecule has 2 rings (SSSR count). The molecule has 94 valence electrons. The molecule has 0 bridgehead atoms. The van der Waals surface area contributed by atoms with Gasteiger partial charge < -0.3 is 15.6 Å². The van der Waals surface area contributed by atoms with Gasteiger partial charge in [0.2, 0.25) is 0 Å². The lowest BCUT2D eigenvalue weighted by molar-refractivity contribution is 0.101. The van der Waals surface area contributed by atoms with Crippen LogP contribution in [0.4, 0.5) is 11.4 Å². The van der Waals surface area contributed by atoms with E-state index >= 15 is 0 Å². The van der Waals surface area contributed by atoms with Gasteiger partial charge in [0.1, 0.15) is 5.69 Å². The molecule has 3 N–H and O–H groups in total. The lowest BCUT2D eigenvalue weighted by Gasteiger charge is -2.12. The van der Waals surface area contributed by atoms with Crippen LogP contribution in [0.2, 0.25) is 0 Å². The number of nitrogens with two attached hydrogens (primary N) is 1. The summed E-state index contributed by atoms with van der Waals surface area (Å²) in [5, 5.41) is 2.80. The monoisotopic (exact) mass is 308 g/mol. The summed E-state index contributed by atoms with van der Waals surface area (Å²) in [4.78, 5) is 16.0. The van der Waals surface area contributed by atoms with Crippen molar-refractivity contribution in [3.05, 3.63) is 40.4 Å². The van der Waals surface area contributed by atoms with Gasteiger partial charge in [-0.15, -0.1) is 0 Å². The predicted molar refractivity (Wildman–Crippen MR) is 74.5 cm³/mol. The summed E-state index contributed by atoms with van der Waals surface area (Å²) in [6.07, 6.45) is 3.09. The molecule has 0 aliphatic carbocycles. The zero-order valence-electron chi connectivity index (χ0n) is 10.1. The maximum Gasteiger partial charge on any atom is 0.273 e. The molecule has 5 nitrogen and oxygen atoms in total. The van der Waals surface area contributed by atoms with Gasteiger partial charge in [0.25, 0.3) is 5.91 Å².